The Hall–Kier alpha value is -2.44. The highest BCUT2D eigenvalue weighted by Crippen LogP contribution is 2.59. The highest BCUT2D eigenvalue weighted by molar-refractivity contribution is 5.72. The Kier molecular flexibility index (Phi) is 9.87. The van der Waals surface area contributed by atoms with E-state index < -0.39 is 12.2 Å². The first-order chi connectivity index (χ1) is 20.6. The van der Waals surface area contributed by atoms with Crippen molar-refractivity contribution in [1.29, 1.82) is 0 Å². The predicted octanol–water partition coefficient (Wildman–Crippen LogP) is 7.70. The molecule has 6 heteroatoms. The lowest BCUT2D eigenvalue weighted by molar-refractivity contribution is -0.152. The zero-order valence-electron chi connectivity index (χ0n) is 26.8. The topological polar surface area (TPSA) is 92.8 Å². The van der Waals surface area contributed by atoms with Crippen molar-refractivity contribution in [3.05, 3.63) is 65.5 Å². The van der Waals surface area contributed by atoms with Crippen molar-refractivity contribution in [2.24, 2.45) is 23.2 Å². The van der Waals surface area contributed by atoms with Gasteiger partial charge < -0.3 is 19.4 Å². The molecule has 1 heterocycles. The Morgan fingerprint density at radius 1 is 1.23 bits per heavy atom. The molecular formula is C37H53NO5. The second-order valence-electron chi connectivity index (χ2n) is 14.3. The molecule has 4 aliphatic carbocycles. The number of aromatic nitrogens is 1. The molecule has 5 rings (SSSR count). The normalized spacial score (nSPS) is 33.0. The van der Waals surface area contributed by atoms with Gasteiger partial charge in [0.1, 0.15) is 11.9 Å². The van der Waals surface area contributed by atoms with E-state index in [-0.39, 0.29) is 28.8 Å². The highest BCUT2D eigenvalue weighted by Gasteiger charge is 2.56. The second-order valence-corrected chi connectivity index (χ2v) is 14.3. The van der Waals surface area contributed by atoms with E-state index in [0.29, 0.717) is 24.7 Å². The Labute approximate surface area is 258 Å². The maximum absolute atomic E-state index is 12.8. The van der Waals surface area contributed by atoms with Crippen molar-refractivity contribution in [3.63, 3.8) is 0 Å². The number of carbonyl (C=O) groups is 1. The summed E-state index contributed by atoms with van der Waals surface area (Å²) in [4.78, 5) is 17.4. The van der Waals surface area contributed by atoms with Crippen LogP contribution in [0.4, 0.5) is 0 Å². The summed E-state index contributed by atoms with van der Waals surface area (Å²) in [6, 6.07) is 0. The number of rotatable bonds is 11. The first-order valence-electron chi connectivity index (χ1n) is 16.8. The summed E-state index contributed by atoms with van der Waals surface area (Å²) in [5, 5.41) is 20.4. The number of aliphatic hydroxyl groups is 2. The molecular weight excluding hydrogens is 538 g/mol. The third-order valence-corrected chi connectivity index (χ3v) is 11.0. The third kappa shape index (κ3) is 6.81. The van der Waals surface area contributed by atoms with Crippen LogP contribution in [-0.2, 0) is 21.4 Å². The van der Waals surface area contributed by atoms with E-state index in [1.807, 2.05) is 20.0 Å². The number of aliphatic hydroxyl groups excluding tert-OH is 2. The molecule has 0 aromatic carbocycles. The van der Waals surface area contributed by atoms with Crippen LogP contribution in [0.3, 0.4) is 0 Å². The van der Waals surface area contributed by atoms with E-state index in [1.54, 1.807) is 0 Å². The van der Waals surface area contributed by atoms with Crippen molar-refractivity contribution in [3.8, 4) is 0 Å². The van der Waals surface area contributed by atoms with Gasteiger partial charge in [0.05, 0.1) is 29.7 Å². The number of fused-ring (bicyclic) bond motifs is 1. The summed E-state index contributed by atoms with van der Waals surface area (Å²) in [6.07, 6.45) is 21.8. The zero-order valence-corrected chi connectivity index (χ0v) is 26.8. The van der Waals surface area contributed by atoms with Crippen LogP contribution in [0, 0.1) is 23.2 Å². The summed E-state index contributed by atoms with van der Waals surface area (Å²) in [5.41, 5.74) is 3.10. The van der Waals surface area contributed by atoms with Crippen molar-refractivity contribution in [2.75, 3.05) is 0 Å². The number of allylic oxidation sites excluding steroid dienone is 4. The molecule has 4 fully saturated rings. The smallest absolute Gasteiger partial charge is 0.308 e. The molecule has 1 aromatic rings. The average molecular weight is 592 g/mol. The van der Waals surface area contributed by atoms with E-state index in [0.717, 1.165) is 67.7 Å². The lowest BCUT2D eigenvalue weighted by Gasteiger charge is -2.42. The summed E-state index contributed by atoms with van der Waals surface area (Å²) in [7, 11) is 0. The van der Waals surface area contributed by atoms with Crippen LogP contribution < -0.4 is 0 Å². The quantitative estimate of drug-likeness (QED) is 0.202. The number of unbranched alkanes of at least 4 members (excludes halogenated alkanes) is 1. The van der Waals surface area contributed by atoms with Gasteiger partial charge in [-0.3, -0.25) is 4.79 Å². The molecule has 0 spiro atoms. The molecule has 0 saturated heterocycles. The molecule has 4 aliphatic rings. The van der Waals surface area contributed by atoms with Gasteiger partial charge in [0, 0.05) is 12.8 Å². The Balaban J connectivity index is 1.30. The highest BCUT2D eigenvalue weighted by atomic mass is 16.5. The molecule has 4 saturated carbocycles. The zero-order chi connectivity index (χ0) is 30.8. The molecule has 0 radical (unpaired) electrons. The molecule has 0 aliphatic heterocycles. The first-order valence-corrected chi connectivity index (χ1v) is 16.8. The Morgan fingerprint density at radius 3 is 2.74 bits per heavy atom. The van der Waals surface area contributed by atoms with E-state index in [1.165, 1.54) is 31.3 Å². The van der Waals surface area contributed by atoms with Crippen molar-refractivity contribution in [2.45, 2.75) is 135 Å². The Bertz CT molecular complexity index is 1250. The van der Waals surface area contributed by atoms with E-state index in [9.17, 15) is 15.0 Å². The van der Waals surface area contributed by atoms with Gasteiger partial charge >= 0.3 is 5.97 Å². The number of ether oxygens (including phenoxy) is 1. The molecule has 6 nitrogen and oxygen atoms in total. The van der Waals surface area contributed by atoms with Crippen molar-refractivity contribution < 1.29 is 24.2 Å². The fourth-order valence-electron chi connectivity index (χ4n) is 7.92. The largest absolute Gasteiger partial charge is 0.457 e. The lowest BCUT2D eigenvalue weighted by Crippen LogP contribution is -2.33. The van der Waals surface area contributed by atoms with Gasteiger partial charge in [-0.25, -0.2) is 4.98 Å². The van der Waals surface area contributed by atoms with Crippen molar-refractivity contribution in [1.82, 2.24) is 4.98 Å². The summed E-state index contributed by atoms with van der Waals surface area (Å²) >= 11 is 0. The van der Waals surface area contributed by atoms with Gasteiger partial charge in [0.2, 0.25) is 5.89 Å². The van der Waals surface area contributed by atoms with Crippen LogP contribution in [0.1, 0.15) is 116 Å². The average Bonchev–Trinajstić information content (AvgIpc) is 3.51. The first kappa shape index (κ1) is 32.0. The van der Waals surface area contributed by atoms with Gasteiger partial charge in [0.15, 0.2) is 0 Å². The van der Waals surface area contributed by atoms with Crippen LogP contribution in [0.2, 0.25) is 0 Å². The maximum atomic E-state index is 12.8. The standard InChI is InChI=1S/C37H53NO5/c1-6-7-12-30-23-38-35(42-30)37(19-20-37)33(43-34(41)24(2)3)13-8-11-28-16-17-31-26(10-9-18-36(28,31)5)14-15-27-21-29(39)22-32(40)25(27)4/h8,13-15,23-24,28-29,31-33,39-40H,4,6-7,9-12,16-22H2,1-3,5H3/b13-8+,26-14+,27-15-/t28?,29-,31?,32+,33?,36?/m1/s1. The number of aryl methyl sites for hydroxylation is 1. The van der Waals surface area contributed by atoms with Crippen LogP contribution in [0.15, 0.2) is 58.2 Å². The number of esters is 1. The van der Waals surface area contributed by atoms with Crippen LogP contribution >= 0.6 is 0 Å². The number of oxazole rings is 1. The molecule has 6 atom stereocenters. The van der Waals surface area contributed by atoms with E-state index >= 15 is 0 Å². The van der Waals surface area contributed by atoms with Crippen molar-refractivity contribution >= 4 is 5.97 Å². The number of nitrogens with zero attached hydrogens (tertiary/aromatic N) is 1. The lowest BCUT2D eigenvalue weighted by atomic mass is 9.63. The van der Waals surface area contributed by atoms with E-state index in [4.69, 9.17) is 9.15 Å². The number of hydrogen-bond acceptors (Lipinski definition) is 6. The van der Waals surface area contributed by atoms with Crippen LogP contribution in [0.25, 0.3) is 0 Å². The predicted molar refractivity (Wildman–Crippen MR) is 169 cm³/mol. The van der Waals surface area contributed by atoms with Gasteiger partial charge in [-0.05, 0) is 98.7 Å². The molecule has 0 bridgehead atoms. The minimum Gasteiger partial charge on any atom is -0.457 e. The number of hydrogen-bond donors (Lipinski definition) is 2. The van der Waals surface area contributed by atoms with Gasteiger partial charge in [-0.2, -0.15) is 0 Å². The minimum atomic E-state index is -0.655. The molecule has 1 aromatic heterocycles. The minimum absolute atomic E-state index is 0.177. The fraction of sp³-hybridized carbons (Fsp3) is 0.676. The molecule has 236 valence electrons. The summed E-state index contributed by atoms with van der Waals surface area (Å²) < 4.78 is 12.3. The monoisotopic (exact) mass is 591 g/mol. The van der Waals surface area contributed by atoms with Crippen LogP contribution in [0.5, 0.6) is 0 Å². The van der Waals surface area contributed by atoms with Crippen LogP contribution in [-0.4, -0.2) is 39.5 Å². The SMILES string of the molecule is C=C1/C(=C\C=C2/CCCC3(C)C(C/C=C/C(OC(=O)C(C)C)C4(c5ncc(CCCC)o5)CC4)CCC23)C[C@@H](O)C[C@@H]1O. The summed E-state index contributed by atoms with van der Waals surface area (Å²) in [5.74, 6) is 2.38. The molecule has 4 unspecified atom stereocenters. The molecule has 43 heavy (non-hydrogen) atoms. The van der Waals surface area contributed by atoms with E-state index in [2.05, 4.69) is 49.7 Å². The second kappa shape index (κ2) is 13.3. The fourth-order valence-corrected chi connectivity index (χ4v) is 7.92. The third-order valence-electron chi connectivity index (χ3n) is 11.0. The Morgan fingerprint density at radius 2 is 2.02 bits per heavy atom. The number of carbonyl (C=O) groups excluding carboxylic acids is 1. The molecule has 0 amide bonds. The van der Waals surface area contributed by atoms with Gasteiger partial charge in [0.25, 0.3) is 0 Å². The van der Waals surface area contributed by atoms with Gasteiger partial charge in [-0.15, -0.1) is 0 Å². The summed E-state index contributed by atoms with van der Waals surface area (Å²) in [6.45, 7) is 12.5. The maximum Gasteiger partial charge on any atom is 0.308 e. The van der Waals surface area contributed by atoms with Gasteiger partial charge in [-0.1, -0.05) is 64.5 Å². The molecule has 2 N–H and O–H groups in total.